The van der Waals surface area contributed by atoms with E-state index in [1.807, 2.05) is 0 Å². The summed E-state index contributed by atoms with van der Waals surface area (Å²) in [7, 11) is 0. The standard InChI is InChI=1S/Al.Fe.Mo.Ti. The van der Waals surface area contributed by atoms with Gasteiger partial charge in [-0.3, -0.25) is 0 Å². The summed E-state index contributed by atoms with van der Waals surface area (Å²) < 4.78 is 0. The van der Waals surface area contributed by atoms with Crippen molar-refractivity contribution in [1.82, 2.24) is 0 Å². The molecule has 3 radical (unpaired) electrons. The van der Waals surface area contributed by atoms with Gasteiger partial charge in [-0.25, -0.2) is 0 Å². The van der Waals surface area contributed by atoms with Crippen molar-refractivity contribution in [2.45, 2.75) is 0 Å². The van der Waals surface area contributed by atoms with Gasteiger partial charge in [-0.15, -0.1) is 0 Å². The van der Waals surface area contributed by atoms with Crippen LogP contribution in [-0.2, 0) is 59.9 Å². The molecule has 0 rings (SSSR count). The minimum Gasteiger partial charge on any atom is 0 e. The van der Waals surface area contributed by atoms with Gasteiger partial charge < -0.3 is 0 Å². The minimum absolute atomic E-state index is 0. The van der Waals surface area contributed by atoms with Crippen LogP contribution in [-0.4, -0.2) is 17.4 Å². The number of rotatable bonds is 0. The molecule has 0 heterocycles. The van der Waals surface area contributed by atoms with Crippen LogP contribution in [0.25, 0.3) is 0 Å². The molecular formula is AlFeMoTi. The molecule has 0 amide bonds. The largest absolute Gasteiger partial charge is 0 e. The van der Waals surface area contributed by atoms with Crippen LogP contribution in [0, 0.1) is 0 Å². The van der Waals surface area contributed by atoms with Crippen LogP contribution < -0.4 is 0 Å². The van der Waals surface area contributed by atoms with E-state index in [4.69, 9.17) is 0 Å². The van der Waals surface area contributed by atoms with Crippen molar-refractivity contribution < 1.29 is 59.9 Å². The Morgan fingerprint density at radius 2 is 1.00 bits per heavy atom. The molecule has 0 saturated carbocycles. The van der Waals surface area contributed by atoms with E-state index in [0.29, 0.717) is 0 Å². The van der Waals surface area contributed by atoms with Gasteiger partial charge in [0.15, 0.2) is 0 Å². The maximum Gasteiger partial charge on any atom is 0 e. The molecule has 0 unspecified atom stereocenters. The van der Waals surface area contributed by atoms with Crippen molar-refractivity contribution in [3.8, 4) is 0 Å². The summed E-state index contributed by atoms with van der Waals surface area (Å²) in [5.74, 6) is 0. The Kier molecular flexibility index (Phi) is 143. The van der Waals surface area contributed by atoms with Crippen molar-refractivity contribution in [3.05, 3.63) is 0 Å². The van der Waals surface area contributed by atoms with Crippen molar-refractivity contribution in [1.29, 1.82) is 0 Å². The van der Waals surface area contributed by atoms with Crippen LogP contribution in [0.5, 0.6) is 0 Å². The quantitative estimate of drug-likeness (QED) is 0.494. The molecule has 0 spiro atoms. The topological polar surface area (TPSA) is 0 Å². The predicted molar refractivity (Wildman–Crippen MR) is 5.75 cm³/mol. The van der Waals surface area contributed by atoms with Gasteiger partial charge in [-0.2, -0.15) is 0 Å². The molecule has 0 saturated heterocycles. The Morgan fingerprint density at radius 1 is 1.00 bits per heavy atom. The van der Waals surface area contributed by atoms with Gasteiger partial charge in [0.2, 0.25) is 0 Å². The second-order valence-corrected chi connectivity index (χ2v) is 0. The molecule has 0 bridgehead atoms. The average molecular weight is 227 g/mol. The fourth-order valence-corrected chi connectivity index (χ4v) is 0. The summed E-state index contributed by atoms with van der Waals surface area (Å²) in [6.07, 6.45) is 0. The molecule has 0 aliphatic heterocycles. The summed E-state index contributed by atoms with van der Waals surface area (Å²) in [6, 6.07) is 0. The van der Waals surface area contributed by atoms with Crippen LogP contribution in [0.1, 0.15) is 0 Å². The minimum atomic E-state index is 0. The van der Waals surface area contributed by atoms with Crippen molar-refractivity contribution >= 4 is 17.4 Å². The molecule has 21 valence electrons. The van der Waals surface area contributed by atoms with Gasteiger partial charge in [-0.1, -0.05) is 0 Å². The van der Waals surface area contributed by atoms with E-state index < -0.39 is 0 Å². The van der Waals surface area contributed by atoms with Gasteiger partial charge in [0, 0.05) is 77.2 Å². The van der Waals surface area contributed by atoms with Crippen LogP contribution >= 0.6 is 0 Å². The zero-order chi connectivity index (χ0) is 0. The second kappa shape index (κ2) is 18.0. The Hall–Kier alpha value is 2.45. The molecule has 0 nitrogen and oxygen atoms in total. The molecule has 0 fully saturated rings. The Morgan fingerprint density at radius 3 is 1.00 bits per heavy atom. The third kappa shape index (κ3) is 8.82. The maximum absolute atomic E-state index is 0. The summed E-state index contributed by atoms with van der Waals surface area (Å²) >= 11 is 0. The molecule has 0 aliphatic rings. The molecular weight excluding hydrogens is 227 g/mol. The van der Waals surface area contributed by atoms with Gasteiger partial charge in [-0.05, 0) is 0 Å². The second-order valence-electron chi connectivity index (χ2n) is 0. The van der Waals surface area contributed by atoms with Crippen LogP contribution in [0.2, 0.25) is 0 Å². The van der Waals surface area contributed by atoms with Crippen LogP contribution in [0.3, 0.4) is 0 Å². The average Bonchev–Trinajstić information content (AvgIpc) is 0. The molecule has 0 N–H and O–H groups in total. The van der Waals surface area contributed by atoms with E-state index in [9.17, 15) is 0 Å². The smallest absolute Gasteiger partial charge is 0 e. The van der Waals surface area contributed by atoms with Gasteiger partial charge in [0.1, 0.15) is 0 Å². The van der Waals surface area contributed by atoms with E-state index in [2.05, 4.69) is 0 Å². The third-order valence-corrected chi connectivity index (χ3v) is 0. The monoisotopic (exact) mass is 229 g/mol. The molecule has 0 aromatic carbocycles. The zero-order valence-electron chi connectivity index (χ0n) is 1.84. The van der Waals surface area contributed by atoms with Gasteiger partial charge >= 0.3 is 0 Å². The molecule has 0 atom stereocenters. The van der Waals surface area contributed by atoms with Crippen molar-refractivity contribution in [2.24, 2.45) is 0 Å². The summed E-state index contributed by atoms with van der Waals surface area (Å²) in [6.45, 7) is 0. The van der Waals surface area contributed by atoms with E-state index in [1.54, 1.807) is 0 Å². The van der Waals surface area contributed by atoms with Crippen molar-refractivity contribution in [2.75, 3.05) is 0 Å². The first-order chi connectivity index (χ1) is 0. The van der Waals surface area contributed by atoms with Crippen LogP contribution in [0.4, 0.5) is 0 Å². The molecule has 0 aliphatic carbocycles. The third-order valence-electron chi connectivity index (χ3n) is 0. The first-order valence-electron chi connectivity index (χ1n) is 0. The van der Waals surface area contributed by atoms with Gasteiger partial charge in [0.25, 0.3) is 0 Å². The molecule has 4 heavy (non-hydrogen) atoms. The molecule has 0 aromatic heterocycles. The summed E-state index contributed by atoms with van der Waals surface area (Å²) in [5, 5.41) is 0. The Balaban J connectivity index is 0. The van der Waals surface area contributed by atoms with Gasteiger partial charge in [0.05, 0.1) is 0 Å². The molecule has 4 heteroatoms. The van der Waals surface area contributed by atoms with E-state index in [0.717, 1.165) is 0 Å². The Bertz CT molecular complexity index is 8.00. The first-order valence-corrected chi connectivity index (χ1v) is 0. The summed E-state index contributed by atoms with van der Waals surface area (Å²) in [4.78, 5) is 0. The summed E-state index contributed by atoms with van der Waals surface area (Å²) in [5.41, 5.74) is 0. The zero-order valence-corrected chi connectivity index (χ0v) is 7.67. The van der Waals surface area contributed by atoms with E-state index in [-0.39, 0.29) is 77.2 Å². The molecule has 0 aromatic rings. The number of hydrogen-bond acceptors (Lipinski definition) is 0. The maximum atomic E-state index is 0. The van der Waals surface area contributed by atoms with Crippen LogP contribution in [0.15, 0.2) is 0 Å². The Labute approximate surface area is 76.2 Å². The van der Waals surface area contributed by atoms with E-state index >= 15 is 0 Å². The normalized spacial score (nSPS) is 0. The fraction of sp³-hybridized carbons (Fsp3) is 0. The fourth-order valence-electron chi connectivity index (χ4n) is 0. The van der Waals surface area contributed by atoms with E-state index in [1.165, 1.54) is 0 Å². The predicted octanol–water partition coefficient (Wildman–Crippen LogP) is -0.388. The number of hydrogen-bond donors (Lipinski definition) is 0. The SMILES string of the molecule is [Al].[Fe].[Mo].[Ti]. The van der Waals surface area contributed by atoms with Crippen molar-refractivity contribution in [3.63, 3.8) is 0 Å². The first kappa shape index (κ1) is 31.9.